The summed E-state index contributed by atoms with van der Waals surface area (Å²) < 4.78 is 0. The molecule has 2 aliphatic carbocycles. The maximum atomic E-state index is 6.38. The van der Waals surface area contributed by atoms with Crippen LogP contribution in [0.1, 0.15) is 87.3 Å². The molecule has 112 valence electrons. The summed E-state index contributed by atoms with van der Waals surface area (Å²) >= 11 is 1.91. The standard InChI is InChI=1S/C17H28N2S/c1-16(2)7-5-11(6-8-16)15-19-13-10-17(3,4)9-12(18)14(13)20-15/h11-12H,5-10,18H2,1-4H3. The van der Waals surface area contributed by atoms with Gasteiger partial charge in [0.1, 0.15) is 0 Å². The maximum absolute atomic E-state index is 6.38. The zero-order valence-electron chi connectivity index (χ0n) is 13.3. The summed E-state index contributed by atoms with van der Waals surface area (Å²) in [6.45, 7) is 9.43. The van der Waals surface area contributed by atoms with Crippen LogP contribution < -0.4 is 5.73 Å². The number of aromatic nitrogens is 1. The van der Waals surface area contributed by atoms with E-state index in [-0.39, 0.29) is 6.04 Å². The number of hydrogen-bond acceptors (Lipinski definition) is 3. The Morgan fingerprint density at radius 2 is 1.75 bits per heavy atom. The minimum absolute atomic E-state index is 0.208. The van der Waals surface area contributed by atoms with Crippen LogP contribution in [0.5, 0.6) is 0 Å². The zero-order chi connectivity index (χ0) is 14.5. The molecular formula is C17H28N2S. The molecule has 0 aromatic carbocycles. The van der Waals surface area contributed by atoms with Crippen molar-refractivity contribution in [1.29, 1.82) is 0 Å². The van der Waals surface area contributed by atoms with E-state index in [0.29, 0.717) is 16.7 Å². The first-order chi connectivity index (χ1) is 9.26. The van der Waals surface area contributed by atoms with Crippen molar-refractivity contribution in [3.05, 3.63) is 15.6 Å². The average molecular weight is 292 g/mol. The normalized spacial score (nSPS) is 29.1. The highest BCUT2D eigenvalue weighted by atomic mass is 32.1. The third-order valence-electron chi connectivity index (χ3n) is 5.19. The van der Waals surface area contributed by atoms with Crippen molar-refractivity contribution in [2.75, 3.05) is 0 Å². The van der Waals surface area contributed by atoms with Gasteiger partial charge in [0, 0.05) is 16.8 Å². The Balaban J connectivity index is 1.81. The van der Waals surface area contributed by atoms with E-state index in [1.165, 1.54) is 41.3 Å². The van der Waals surface area contributed by atoms with Crippen molar-refractivity contribution < 1.29 is 0 Å². The summed E-state index contributed by atoms with van der Waals surface area (Å²) in [6.07, 6.45) is 7.47. The highest BCUT2D eigenvalue weighted by molar-refractivity contribution is 7.12. The van der Waals surface area contributed by atoms with Crippen LogP contribution in [0.3, 0.4) is 0 Å². The Hall–Kier alpha value is -0.410. The van der Waals surface area contributed by atoms with E-state index in [0.717, 1.165) is 12.8 Å². The topological polar surface area (TPSA) is 38.9 Å². The van der Waals surface area contributed by atoms with E-state index in [4.69, 9.17) is 10.7 Å². The molecule has 0 bridgehead atoms. The lowest BCUT2D eigenvalue weighted by molar-refractivity contribution is 0.224. The van der Waals surface area contributed by atoms with Gasteiger partial charge < -0.3 is 5.73 Å². The van der Waals surface area contributed by atoms with E-state index in [9.17, 15) is 0 Å². The molecule has 2 nitrogen and oxygen atoms in total. The predicted molar refractivity (Wildman–Crippen MR) is 86.1 cm³/mol. The summed E-state index contributed by atoms with van der Waals surface area (Å²) in [4.78, 5) is 6.39. The molecule has 1 fully saturated rings. The SMILES string of the molecule is CC1(C)CCC(c2nc3c(s2)C(N)CC(C)(C)C3)CC1. The molecule has 2 N–H and O–H groups in total. The Morgan fingerprint density at radius 1 is 1.10 bits per heavy atom. The molecule has 1 heterocycles. The van der Waals surface area contributed by atoms with Crippen LogP contribution >= 0.6 is 11.3 Å². The summed E-state index contributed by atoms with van der Waals surface area (Å²) in [5.41, 5.74) is 8.53. The van der Waals surface area contributed by atoms with Crippen molar-refractivity contribution in [2.24, 2.45) is 16.6 Å². The fraction of sp³-hybridized carbons (Fsp3) is 0.824. The largest absolute Gasteiger partial charge is 0.323 e. The van der Waals surface area contributed by atoms with Gasteiger partial charge in [0.2, 0.25) is 0 Å². The fourth-order valence-electron chi connectivity index (χ4n) is 3.83. The van der Waals surface area contributed by atoms with Gasteiger partial charge in [0.05, 0.1) is 10.7 Å². The first kappa shape index (κ1) is 14.5. The first-order valence-electron chi connectivity index (χ1n) is 8.01. The summed E-state index contributed by atoms with van der Waals surface area (Å²) in [6, 6.07) is 0.208. The van der Waals surface area contributed by atoms with Crippen molar-refractivity contribution in [1.82, 2.24) is 4.98 Å². The number of fused-ring (bicyclic) bond motifs is 1. The maximum Gasteiger partial charge on any atom is 0.0962 e. The zero-order valence-corrected chi connectivity index (χ0v) is 14.1. The van der Waals surface area contributed by atoms with Gasteiger partial charge >= 0.3 is 0 Å². The molecule has 1 atom stereocenters. The van der Waals surface area contributed by atoms with Crippen LogP contribution in [0.15, 0.2) is 0 Å². The van der Waals surface area contributed by atoms with E-state index < -0.39 is 0 Å². The second kappa shape index (κ2) is 4.81. The van der Waals surface area contributed by atoms with E-state index in [1.54, 1.807) is 0 Å². The molecular weight excluding hydrogens is 264 g/mol. The molecule has 1 unspecified atom stereocenters. The third kappa shape index (κ3) is 2.80. The highest BCUT2D eigenvalue weighted by Gasteiger charge is 2.35. The number of thiazole rings is 1. The van der Waals surface area contributed by atoms with Crippen LogP contribution in [0.2, 0.25) is 0 Å². The minimum atomic E-state index is 0.208. The molecule has 0 spiro atoms. The van der Waals surface area contributed by atoms with Gasteiger partial charge in [-0.1, -0.05) is 27.7 Å². The molecule has 0 radical (unpaired) electrons. The van der Waals surface area contributed by atoms with Gasteiger partial charge in [-0.3, -0.25) is 0 Å². The van der Waals surface area contributed by atoms with E-state index in [2.05, 4.69) is 27.7 Å². The number of nitrogens with two attached hydrogens (primary N) is 1. The molecule has 0 saturated heterocycles. The van der Waals surface area contributed by atoms with Crippen molar-refractivity contribution in [3.63, 3.8) is 0 Å². The Labute approximate surface area is 127 Å². The lowest BCUT2D eigenvalue weighted by atomic mass is 9.73. The van der Waals surface area contributed by atoms with Crippen molar-refractivity contribution in [2.45, 2.75) is 78.2 Å². The molecule has 0 aliphatic heterocycles. The second-order valence-electron chi connectivity index (χ2n) is 8.45. The average Bonchev–Trinajstić information content (AvgIpc) is 2.71. The molecule has 20 heavy (non-hydrogen) atoms. The van der Waals surface area contributed by atoms with Crippen LogP contribution in [0.25, 0.3) is 0 Å². The molecule has 3 rings (SSSR count). The fourth-order valence-corrected chi connectivity index (χ4v) is 5.09. The Bertz CT molecular complexity index is 491. The van der Waals surface area contributed by atoms with Crippen LogP contribution in [-0.4, -0.2) is 4.98 Å². The minimum Gasteiger partial charge on any atom is -0.323 e. The lowest BCUT2D eigenvalue weighted by Gasteiger charge is -2.33. The Morgan fingerprint density at radius 3 is 2.40 bits per heavy atom. The van der Waals surface area contributed by atoms with Crippen molar-refractivity contribution in [3.8, 4) is 0 Å². The van der Waals surface area contributed by atoms with Crippen LogP contribution in [0.4, 0.5) is 0 Å². The molecule has 1 saturated carbocycles. The van der Waals surface area contributed by atoms with Gasteiger partial charge in [-0.2, -0.15) is 0 Å². The number of rotatable bonds is 1. The van der Waals surface area contributed by atoms with E-state index >= 15 is 0 Å². The number of hydrogen-bond donors (Lipinski definition) is 1. The Kier molecular flexibility index (Phi) is 3.49. The van der Waals surface area contributed by atoms with Gasteiger partial charge in [-0.15, -0.1) is 11.3 Å². The predicted octanol–water partition coefficient (Wildman–Crippen LogP) is 4.80. The van der Waals surface area contributed by atoms with E-state index in [1.807, 2.05) is 11.3 Å². The molecule has 3 heteroatoms. The smallest absolute Gasteiger partial charge is 0.0962 e. The lowest BCUT2D eigenvalue weighted by Crippen LogP contribution is -2.28. The first-order valence-corrected chi connectivity index (χ1v) is 8.83. The summed E-state index contributed by atoms with van der Waals surface area (Å²) in [7, 11) is 0. The monoisotopic (exact) mass is 292 g/mol. The molecule has 0 amide bonds. The third-order valence-corrected chi connectivity index (χ3v) is 6.58. The van der Waals surface area contributed by atoms with Crippen molar-refractivity contribution >= 4 is 11.3 Å². The van der Waals surface area contributed by atoms with Gasteiger partial charge in [0.25, 0.3) is 0 Å². The summed E-state index contributed by atoms with van der Waals surface area (Å²) in [5.74, 6) is 0.689. The molecule has 1 aromatic rings. The highest BCUT2D eigenvalue weighted by Crippen LogP contribution is 2.47. The quantitative estimate of drug-likeness (QED) is 0.807. The molecule has 1 aromatic heterocycles. The molecule has 2 aliphatic rings. The van der Waals surface area contributed by atoms with Gasteiger partial charge in [-0.25, -0.2) is 4.98 Å². The second-order valence-corrected chi connectivity index (χ2v) is 9.52. The van der Waals surface area contributed by atoms with Gasteiger partial charge in [0.15, 0.2) is 0 Å². The van der Waals surface area contributed by atoms with Gasteiger partial charge in [-0.05, 0) is 49.4 Å². The number of nitrogens with zero attached hydrogens (tertiary/aromatic N) is 1. The summed E-state index contributed by atoms with van der Waals surface area (Å²) in [5, 5.41) is 1.37. The van der Waals surface area contributed by atoms with Crippen LogP contribution in [-0.2, 0) is 6.42 Å². The van der Waals surface area contributed by atoms with Crippen LogP contribution in [0, 0.1) is 10.8 Å².